The van der Waals surface area contributed by atoms with Crippen molar-refractivity contribution in [2.75, 3.05) is 6.93 Å². The van der Waals surface area contributed by atoms with Crippen molar-refractivity contribution in [1.29, 1.82) is 0 Å². The van der Waals surface area contributed by atoms with Gasteiger partial charge in [-0.3, -0.25) is 0 Å². The van der Waals surface area contributed by atoms with Gasteiger partial charge in [0.1, 0.15) is 0 Å². The first-order chi connectivity index (χ1) is 5.41. The van der Waals surface area contributed by atoms with Crippen LogP contribution < -0.4 is 0 Å². The molecule has 0 amide bonds. The molecule has 0 aliphatic heterocycles. The van der Waals surface area contributed by atoms with Crippen molar-refractivity contribution < 1.29 is 47.3 Å². The van der Waals surface area contributed by atoms with Crippen LogP contribution in [-0.2, 0) is 9.13 Å². The molecule has 0 saturated carbocycles. The Kier molecular flexibility index (Phi) is 54.6. The largest absolute Gasteiger partial charge is 0.466 e. The highest BCUT2D eigenvalue weighted by Gasteiger charge is 2.00. The van der Waals surface area contributed by atoms with E-state index in [4.69, 9.17) is 38.5 Å². The van der Waals surface area contributed by atoms with Crippen molar-refractivity contribution in [3.05, 3.63) is 0 Å². The molecule has 0 spiro atoms. The molecule has 0 aromatic rings. The van der Waals surface area contributed by atoms with Gasteiger partial charge < -0.3 is 29.4 Å². The summed E-state index contributed by atoms with van der Waals surface area (Å²) >= 11 is 0. The zero-order valence-corrected chi connectivity index (χ0v) is 7.65. The summed E-state index contributed by atoms with van der Waals surface area (Å²) in [6.45, 7) is -1.75. The molecule has 0 aliphatic carbocycles. The predicted octanol–water partition coefficient (Wildman–Crippen LogP) is 1.57. The molecule has 6 N–H and O–H groups in total. The number of phosphoric acid groups is 2. The van der Waals surface area contributed by atoms with Gasteiger partial charge in [0.2, 0.25) is 6.93 Å². The van der Waals surface area contributed by atoms with Gasteiger partial charge in [-0.15, -0.1) is 0 Å². The maximum absolute atomic E-state index is 9.62. The summed E-state index contributed by atoms with van der Waals surface area (Å²) in [5, 5.41) is 0. The predicted molar refractivity (Wildman–Crippen MR) is 62.5 cm³/mol. The van der Waals surface area contributed by atoms with Crippen LogP contribution in [-0.4, -0.2) is 36.3 Å². The third-order valence-electron chi connectivity index (χ3n) is 0. The normalized spacial score (nSPS) is 8.00. The first kappa shape index (κ1) is 43.5. The summed E-state index contributed by atoms with van der Waals surface area (Å²) < 4.78 is 37.0. The Morgan fingerprint density at radius 3 is 0.647 bits per heavy atom. The molecule has 17 heavy (non-hydrogen) atoms. The quantitative estimate of drug-likeness (QED) is 0.368. The average molecular weight is 312 g/mol. The van der Waals surface area contributed by atoms with Gasteiger partial charge in [0.05, 0.1) is 0 Å². The lowest BCUT2D eigenvalue weighted by Gasteiger charge is -1.82. The number of hydrogen-bond donors (Lipinski definition) is 6. The summed E-state index contributed by atoms with van der Waals surface area (Å²) in [5.41, 5.74) is 0. The minimum absolute atomic E-state index is 0. The molecule has 0 saturated heterocycles. The van der Waals surface area contributed by atoms with E-state index in [2.05, 4.69) is 0 Å². The van der Waals surface area contributed by atoms with E-state index in [-0.39, 0.29) is 29.7 Å². The van der Waals surface area contributed by atoms with Crippen molar-refractivity contribution in [3.63, 3.8) is 0 Å². The lowest BCUT2D eigenvalue weighted by molar-refractivity contribution is 0.272. The molecule has 0 rings (SSSR count). The van der Waals surface area contributed by atoms with E-state index in [1.165, 1.54) is 0 Å². The molecule has 0 bridgehead atoms. The van der Waals surface area contributed by atoms with Gasteiger partial charge in [-0.05, 0) is 0 Å². The molecular formula is C5H24F2O8P2. The van der Waals surface area contributed by atoms with E-state index in [9.17, 15) is 8.78 Å². The Morgan fingerprint density at radius 1 is 0.647 bits per heavy atom. The van der Waals surface area contributed by atoms with Gasteiger partial charge in [0, 0.05) is 0 Å². The highest BCUT2D eigenvalue weighted by molar-refractivity contribution is 7.45. The van der Waals surface area contributed by atoms with Crippen LogP contribution in [0.2, 0.25) is 0 Å². The van der Waals surface area contributed by atoms with E-state index in [0.717, 1.165) is 0 Å². The Bertz CT molecular complexity index is 154. The van der Waals surface area contributed by atoms with Gasteiger partial charge >= 0.3 is 15.6 Å². The van der Waals surface area contributed by atoms with E-state index in [0.29, 0.717) is 0 Å². The third-order valence-corrected chi connectivity index (χ3v) is 0. The van der Waals surface area contributed by atoms with Crippen molar-refractivity contribution in [2.45, 2.75) is 29.7 Å². The van der Waals surface area contributed by atoms with Crippen molar-refractivity contribution in [3.8, 4) is 0 Å². The van der Waals surface area contributed by atoms with E-state index >= 15 is 0 Å². The minimum Gasteiger partial charge on any atom is -0.303 e. The van der Waals surface area contributed by atoms with Gasteiger partial charge in [-0.25, -0.2) is 17.9 Å². The van der Waals surface area contributed by atoms with Gasteiger partial charge in [0.25, 0.3) is 0 Å². The van der Waals surface area contributed by atoms with Gasteiger partial charge in [-0.2, -0.15) is 0 Å². The Labute approximate surface area is 100 Å². The number of halogens is 2. The molecular weight excluding hydrogens is 288 g/mol. The van der Waals surface area contributed by atoms with E-state index < -0.39 is 22.6 Å². The third kappa shape index (κ3) is 498000. The summed E-state index contributed by atoms with van der Waals surface area (Å²) in [4.78, 5) is 43.1. The van der Waals surface area contributed by atoms with Crippen molar-refractivity contribution in [1.82, 2.24) is 0 Å². The van der Waals surface area contributed by atoms with Crippen LogP contribution in [0.1, 0.15) is 29.7 Å². The summed E-state index contributed by atoms with van der Waals surface area (Å²) in [7, 11) is -9.28. The zero-order valence-electron chi connectivity index (χ0n) is 5.86. The SMILES string of the molecule is C.C.C.C.FCF.O=P(O)(O)O.O=P(O)(O)O. The average Bonchev–Trinajstić information content (AvgIpc) is 1.52. The zero-order chi connectivity index (χ0) is 11.7. The van der Waals surface area contributed by atoms with Crippen LogP contribution in [0.15, 0.2) is 0 Å². The van der Waals surface area contributed by atoms with E-state index in [1.807, 2.05) is 0 Å². The molecule has 0 heterocycles. The molecule has 0 radical (unpaired) electrons. The molecule has 0 fully saturated rings. The topological polar surface area (TPSA) is 156 Å². The Balaban J connectivity index is -0.0000000162. The van der Waals surface area contributed by atoms with E-state index in [1.54, 1.807) is 0 Å². The molecule has 0 aromatic carbocycles. The standard InChI is InChI=1S/CH2F2.4CH4.2H3O4P/c2-1-3;;;;;2*1-5(2,3)4/h1H2;4*1H4;2*(H3,1,2,3,4). The first-order valence-corrected chi connectivity index (χ1v) is 5.23. The fourth-order valence-corrected chi connectivity index (χ4v) is 0. The maximum Gasteiger partial charge on any atom is 0.466 e. The lowest BCUT2D eigenvalue weighted by atomic mass is 11.7. The molecule has 116 valence electrons. The van der Waals surface area contributed by atoms with Crippen LogP contribution >= 0.6 is 15.6 Å². The van der Waals surface area contributed by atoms with Crippen molar-refractivity contribution in [2.24, 2.45) is 0 Å². The van der Waals surface area contributed by atoms with Crippen molar-refractivity contribution >= 4 is 15.6 Å². The fraction of sp³-hybridized carbons (Fsp3) is 1.00. The smallest absolute Gasteiger partial charge is 0.303 e. The maximum atomic E-state index is 9.62. The second kappa shape index (κ2) is 21.4. The van der Waals surface area contributed by atoms with Crippen LogP contribution in [0.3, 0.4) is 0 Å². The lowest BCUT2D eigenvalue weighted by Crippen LogP contribution is -1.66. The van der Waals surface area contributed by atoms with Crippen LogP contribution in [0.4, 0.5) is 8.78 Å². The second-order valence-electron chi connectivity index (χ2n) is 1.13. The first-order valence-electron chi connectivity index (χ1n) is 2.10. The monoisotopic (exact) mass is 312 g/mol. The summed E-state index contributed by atoms with van der Waals surface area (Å²) in [6.07, 6.45) is 0. The van der Waals surface area contributed by atoms with Crippen LogP contribution in [0, 0.1) is 0 Å². The highest BCUT2D eigenvalue weighted by Crippen LogP contribution is 2.26. The molecule has 12 heteroatoms. The Hall–Kier alpha value is 0.0800. The second-order valence-corrected chi connectivity index (χ2v) is 3.18. The number of hydrogen-bond acceptors (Lipinski definition) is 2. The Morgan fingerprint density at radius 2 is 0.647 bits per heavy atom. The molecule has 0 unspecified atom stereocenters. The fourth-order valence-electron chi connectivity index (χ4n) is 0. The van der Waals surface area contributed by atoms with Gasteiger partial charge in [0.15, 0.2) is 0 Å². The highest BCUT2D eigenvalue weighted by atomic mass is 31.2. The summed E-state index contributed by atoms with van der Waals surface area (Å²) in [6, 6.07) is 0. The molecule has 8 nitrogen and oxygen atoms in total. The van der Waals surface area contributed by atoms with Crippen LogP contribution in [0.25, 0.3) is 0 Å². The molecule has 0 aromatic heterocycles. The number of rotatable bonds is 0. The molecule has 0 aliphatic rings. The molecule has 0 atom stereocenters. The van der Waals surface area contributed by atoms with Crippen LogP contribution in [0.5, 0.6) is 0 Å². The summed E-state index contributed by atoms with van der Waals surface area (Å²) in [5.74, 6) is 0. The number of alkyl halides is 2. The minimum atomic E-state index is -4.64. The van der Waals surface area contributed by atoms with Gasteiger partial charge in [-0.1, -0.05) is 29.7 Å².